The summed E-state index contributed by atoms with van der Waals surface area (Å²) >= 11 is 1.17. The number of likely N-dealkylation sites (tertiary alicyclic amines) is 1. The molecule has 2 aliphatic rings. The molecule has 3 rings (SSSR count). The van der Waals surface area contributed by atoms with E-state index in [4.69, 9.17) is 5.73 Å². The number of nitrogens with zero attached hydrogens (tertiary/aromatic N) is 1. The van der Waals surface area contributed by atoms with Crippen LogP contribution in [0, 0.1) is 5.92 Å². The van der Waals surface area contributed by atoms with Crippen molar-refractivity contribution < 1.29 is 8.42 Å². The van der Waals surface area contributed by atoms with Crippen LogP contribution in [-0.2, 0) is 10.0 Å². The first-order valence-corrected chi connectivity index (χ1v) is 8.98. The summed E-state index contributed by atoms with van der Waals surface area (Å²) in [5.74, 6) is 0.438. The molecule has 0 spiro atoms. The lowest BCUT2D eigenvalue weighted by atomic mass is 10.1. The van der Waals surface area contributed by atoms with Gasteiger partial charge in [0.2, 0.25) is 10.0 Å². The summed E-state index contributed by atoms with van der Waals surface area (Å²) in [5, 5.41) is 1.65. The Morgan fingerprint density at radius 2 is 2.21 bits per heavy atom. The summed E-state index contributed by atoms with van der Waals surface area (Å²) in [6.45, 7) is 2.67. The lowest BCUT2D eigenvalue weighted by Crippen LogP contribution is -2.31. The van der Waals surface area contributed by atoms with Crippen molar-refractivity contribution in [3.05, 3.63) is 11.4 Å². The summed E-state index contributed by atoms with van der Waals surface area (Å²) in [4.78, 5) is 2.49. The SMILES string of the molecule is Nc1csc(S(=O)(=O)NCC2CCN(C3CC3)C2)c1. The van der Waals surface area contributed by atoms with E-state index in [1.54, 1.807) is 5.38 Å². The molecule has 106 valence electrons. The van der Waals surface area contributed by atoms with E-state index in [9.17, 15) is 8.42 Å². The third-order valence-electron chi connectivity index (χ3n) is 3.80. The molecule has 1 aliphatic carbocycles. The molecule has 5 nitrogen and oxygen atoms in total. The topological polar surface area (TPSA) is 75.4 Å². The van der Waals surface area contributed by atoms with Crippen molar-refractivity contribution in [1.29, 1.82) is 0 Å². The highest BCUT2D eigenvalue weighted by molar-refractivity contribution is 7.91. The average molecular weight is 301 g/mol. The normalized spacial score (nSPS) is 24.9. The van der Waals surface area contributed by atoms with Crippen molar-refractivity contribution >= 4 is 27.0 Å². The van der Waals surface area contributed by atoms with Gasteiger partial charge in [0.15, 0.2) is 0 Å². The van der Waals surface area contributed by atoms with Gasteiger partial charge < -0.3 is 10.6 Å². The zero-order valence-corrected chi connectivity index (χ0v) is 12.3. The van der Waals surface area contributed by atoms with Crippen LogP contribution < -0.4 is 10.5 Å². The van der Waals surface area contributed by atoms with Crippen molar-refractivity contribution in [3.8, 4) is 0 Å². The van der Waals surface area contributed by atoms with E-state index in [2.05, 4.69) is 9.62 Å². The van der Waals surface area contributed by atoms with Crippen molar-refractivity contribution in [3.63, 3.8) is 0 Å². The van der Waals surface area contributed by atoms with Gasteiger partial charge in [0, 0.05) is 30.2 Å². The van der Waals surface area contributed by atoms with Crippen LogP contribution >= 0.6 is 11.3 Å². The van der Waals surface area contributed by atoms with Crippen LogP contribution in [0.1, 0.15) is 19.3 Å². The largest absolute Gasteiger partial charge is 0.398 e. The third-order valence-corrected chi connectivity index (χ3v) is 6.68. The van der Waals surface area contributed by atoms with Crippen molar-refractivity contribution in [1.82, 2.24) is 9.62 Å². The fourth-order valence-corrected chi connectivity index (χ4v) is 4.81. The van der Waals surface area contributed by atoms with Gasteiger partial charge in [-0.3, -0.25) is 0 Å². The van der Waals surface area contributed by atoms with Crippen molar-refractivity contribution in [2.75, 3.05) is 25.4 Å². The van der Waals surface area contributed by atoms with E-state index in [0.717, 1.165) is 25.6 Å². The predicted molar refractivity (Wildman–Crippen MR) is 76.6 cm³/mol. The summed E-state index contributed by atoms with van der Waals surface area (Å²) < 4.78 is 27.1. The Labute approximate surface area is 117 Å². The monoisotopic (exact) mass is 301 g/mol. The van der Waals surface area contributed by atoms with E-state index in [1.807, 2.05) is 0 Å². The van der Waals surface area contributed by atoms with Gasteiger partial charge in [-0.05, 0) is 37.8 Å². The lowest BCUT2D eigenvalue weighted by Gasteiger charge is -2.14. The molecule has 2 heterocycles. The molecule has 19 heavy (non-hydrogen) atoms. The zero-order valence-electron chi connectivity index (χ0n) is 10.7. The molecule has 1 aromatic rings. The molecule has 7 heteroatoms. The Balaban J connectivity index is 1.54. The average Bonchev–Trinajstić information content (AvgIpc) is 2.94. The minimum Gasteiger partial charge on any atom is -0.398 e. The van der Waals surface area contributed by atoms with Gasteiger partial charge in [0.1, 0.15) is 4.21 Å². The second kappa shape index (κ2) is 5.05. The van der Waals surface area contributed by atoms with Crippen LogP contribution in [0.25, 0.3) is 0 Å². The first kappa shape index (κ1) is 13.4. The van der Waals surface area contributed by atoms with Crippen LogP contribution in [0.5, 0.6) is 0 Å². The lowest BCUT2D eigenvalue weighted by molar-refractivity contribution is 0.314. The third kappa shape index (κ3) is 3.10. The van der Waals surface area contributed by atoms with Gasteiger partial charge in [-0.2, -0.15) is 0 Å². The van der Waals surface area contributed by atoms with Crippen LogP contribution in [-0.4, -0.2) is 39.0 Å². The Bertz CT molecular complexity index is 551. The minimum atomic E-state index is -3.38. The fraction of sp³-hybridized carbons (Fsp3) is 0.667. The zero-order chi connectivity index (χ0) is 13.5. The summed E-state index contributed by atoms with van der Waals surface area (Å²) in [6.07, 6.45) is 3.71. The van der Waals surface area contributed by atoms with Crippen molar-refractivity contribution in [2.24, 2.45) is 5.92 Å². The molecule has 1 saturated carbocycles. The number of thiophene rings is 1. The van der Waals surface area contributed by atoms with Crippen LogP contribution in [0.2, 0.25) is 0 Å². The molecule has 1 saturated heterocycles. The minimum absolute atomic E-state index is 0.307. The fourth-order valence-electron chi connectivity index (χ4n) is 2.57. The Hall–Kier alpha value is -0.630. The molecular formula is C12H19N3O2S2. The summed E-state index contributed by atoms with van der Waals surface area (Å²) in [6, 6.07) is 2.29. The Morgan fingerprint density at radius 1 is 1.42 bits per heavy atom. The number of hydrogen-bond donors (Lipinski definition) is 2. The molecule has 3 N–H and O–H groups in total. The quantitative estimate of drug-likeness (QED) is 0.854. The highest BCUT2D eigenvalue weighted by Gasteiger charge is 2.34. The molecule has 1 aromatic heterocycles. The van der Waals surface area contributed by atoms with E-state index in [0.29, 0.717) is 22.4 Å². The van der Waals surface area contributed by atoms with E-state index in [1.165, 1.54) is 30.2 Å². The first-order chi connectivity index (χ1) is 9.04. The molecule has 0 bridgehead atoms. The molecule has 0 radical (unpaired) electrons. The van der Waals surface area contributed by atoms with Crippen molar-refractivity contribution in [2.45, 2.75) is 29.5 Å². The van der Waals surface area contributed by atoms with Gasteiger partial charge in [-0.25, -0.2) is 13.1 Å². The second-order valence-electron chi connectivity index (χ2n) is 5.43. The van der Waals surface area contributed by atoms with E-state index >= 15 is 0 Å². The number of nitrogen functional groups attached to an aromatic ring is 1. The smallest absolute Gasteiger partial charge is 0.250 e. The van der Waals surface area contributed by atoms with Gasteiger partial charge in [-0.15, -0.1) is 11.3 Å². The highest BCUT2D eigenvalue weighted by Crippen LogP contribution is 2.31. The van der Waals surface area contributed by atoms with E-state index < -0.39 is 10.0 Å². The number of sulfonamides is 1. The number of rotatable bonds is 5. The molecule has 1 atom stereocenters. The molecule has 1 unspecified atom stereocenters. The Morgan fingerprint density at radius 3 is 2.84 bits per heavy atom. The van der Waals surface area contributed by atoms with Crippen LogP contribution in [0.15, 0.2) is 15.7 Å². The van der Waals surface area contributed by atoms with Gasteiger partial charge in [0.25, 0.3) is 0 Å². The number of nitrogens with two attached hydrogens (primary N) is 1. The highest BCUT2D eigenvalue weighted by atomic mass is 32.2. The molecule has 2 fully saturated rings. The number of hydrogen-bond acceptors (Lipinski definition) is 5. The van der Waals surface area contributed by atoms with Crippen LogP contribution in [0.4, 0.5) is 5.69 Å². The summed E-state index contributed by atoms with van der Waals surface area (Å²) in [5.41, 5.74) is 6.07. The molecule has 1 aliphatic heterocycles. The Kier molecular flexibility index (Phi) is 3.55. The van der Waals surface area contributed by atoms with E-state index in [-0.39, 0.29) is 0 Å². The van der Waals surface area contributed by atoms with Crippen LogP contribution in [0.3, 0.4) is 0 Å². The first-order valence-electron chi connectivity index (χ1n) is 6.62. The maximum Gasteiger partial charge on any atom is 0.250 e. The van der Waals surface area contributed by atoms with Gasteiger partial charge in [-0.1, -0.05) is 0 Å². The maximum absolute atomic E-state index is 12.1. The maximum atomic E-state index is 12.1. The second-order valence-corrected chi connectivity index (χ2v) is 8.34. The molecular weight excluding hydrogens is 282 g/mol. The van der Waals surface area contributed by atoms with Gasteiger partial charge in [0.05, 0.1) is 0 Å². The number of anilines is 1. The van der Waals surface area contributed by atoms with Gasteiger partial charge >= 0.3 is 0 Å². The predicted octanol–water partition coefficient (Wildman–Crippen LogP) is 1.09. The summed E-state index contributed by atoms with van der Waals surface area (Å²) in [7, 11) is -3.38. The number of nitrogens with one attached hydrogen (secondary N) is 1. The standard InChI is InChI=1S/C12H19N3O2S2/c13-10-5-12(18-8-10)19(16,17)14-6-9-3-4-15(7-9)11-1-2-11/h5,8-9,11,14H,1-4,6-7,13H2. The molecule has 0 amide bonds. The molecule has 0 aromatic carbocycles.